The number of likely N-dealkylation sites (N-methyl/N-ethyl adjacent to an activating group) is 1. The predicted molar refractivity (Wildman–Crippen MR) is 136 cm³/mol. The summed E-state index contributed by atoms with van der Waals surface area (Å²) in [5, 5.41) is 2.78. The zero-order valence-corrected chi connectivity index (χ0v) is 21.3. The van der Waals surface area contributed by atoms with Gasteiger partial charge in [-0.2, -0.15) is 0 Å². The quantitative estimate of drug-likeness (QED) is 0.679. The highest BCUT2D eigenvalue weighted by atomic mass is 16.5. The number of hydrogen-bond acceptors (Lipinski definition) is 6. The Bertz CT molecular complexity index is 984. The smallest absolute Gasteiger partial charge is 0.257 e. The van der Waals surface area contributed by atoms with Gasteiger partial charge in [0.1, 0.15) is 19.0 Å². The SMILES string of the molecule is COCC(=O)Nc1ccc2c(c1)OC[C@@H](C)N(Cc1ccccc1)C[C@@H](C)[C@@H](OC)CN(C)C2=O. The van der Waals surface area contributed by atoms with Crippen molar-refractivity contribution >= 4 is 17.5 Å². The molecule has 1 aliphatic heterocycles. The second kappa shape index (κ2) is 12.7. The molecule has 2 amide bonds. The lowest BCUT2D eigenvalue weighted by atomic mass is 10.0. The van der Waals surface area contributed by atoms with E-state index in [-0.39, 0.29) is 36.5 Å². The lowest BCUT2D eigenvalue weighted by Crippen LogP contribution is -2.46. The normalized spacial score (nSPS) is 21.9. The molecule has 1 N–H and O–H groups in total. The van der Waals surface area contributed by atoms with E-state index in [1.54, 1.807) is 37.3 Å². The summed E-state index contributed by atoms with van der Waals surface area (Å²) in [5.74, 6) is 0.201. The maximum Gasteiger partial charge on any atom is 0.257 e. The molecule has 1 aliphatic rings. The van der Waals surface area contributed by atoms with Crippen LogP contribution in [0, 0.1) is 5.92 Å². The Morgan fingerprint density at radius 2 is 1.86 bits per heavy atom. The van der Waals surface area contributed by atoms with Crippen molar-refractivity contribution in [3.05, 3.63) is 59.7 Å². The maximum atomic E-state index is 13.3. The molecule has 190 valence electrons. The number of ether oxygens (including phenoxy) is 3. The Hall–Kier alpha value is -2.94. The molecule has 3 rings (SSSR count). The van der Waals surface area contributed by atoms with Gasteiger partial charge in [0.05, 0.1) is 11.7 Å². The third kappa shape index (κ3) is 7.27. The van der Waals surface area contributed by atoms with E-state index in [0.29, 0.717) is 30.2 Å². The number of anilines is 1. The van der Waals surface area contributed by atoms with Crippen LogP contribution in [0.4, 0.5) is 5.69 Å². The molecular formula is C27H37N3O5. The Labute approximate surface area is 208 Å². The van der Waals surface area contributed by atoms with Crippen LogP contribution < -0.4 is 10.1 Å². The third-order valence-corrected chi connectivity index (χ3v) is 6.36. The standard InChI is InChI=1S/C27H37N3O5/c1-19-14-30(15-21-9-7-6-8-10-21)20(2)17-35-24-13-22(28-26(31)18-33-4)11-12-23(24)27(32)29(3)16-25(19)34-5/h6-13,19-20,25H,14-18H2,1-5H3,(H,28,31)/t19-,20-,25+/m1/s1. The van der Waals surface area contributed by atoms with E-state index in [9.17, 15) is 9.59 Å². The molecule has 8 heteroatoms. The zero-order valence-electron chi connectivity index (χ0n) is 21.3. The van der Waals surface area contributed by atoms with Crippen molar-refractivity contribution in [3.63, 3.8) is 0 Å². The number of carbonyl (C=O) groups is 2. The first kappa shape index (κ1) is 26.7. The lowest BCUT2D eigenvalue weighted by Gasteiger charge is -2.36. The first-order chi connectivity index (χ1) is 16.8. The minimum atomic E-state index is -0.275. The summed E-state index contributed by atoms with van der Waals surface area (Å²) in [5.41, 5.74) is 2.22. The molecular weight excluding hydrogens is 446 g/mol. The second-order valence-corrected chi connectivity index (χ2v) is 9.20. The molecule has 3 atom stereocenters. The molecule has 0 saturated heterocycles. The van der Waals surface area contributed by atoms with Crippen molar-refractivity contribution in [3.8, 4) is 5.75 Å². The van der Waals surface area contributed by atoms with E-state index >= 15 is 0 Å². The second-order valence-electron chi connectivity index (χ2n) is 9.20. The van der Waals surface area contributed by atoms with Crippen molar-refractivity contribution in [2.24, 2.45) is 5.92 Å². The molecule has 8 nitrogen and oxygen atoms in total. The summed E-state index contributed by atoms with van der Waals surface area (Å²) in [6.07, 6.45) is -0.120. The van der Waals surface area contributed by atoms with Crippen LogP contribution in [0.2, 0.25) is 0 Å². The molecule has 2 aromatic carbocycles. The number of nitrogens with zero attached hydrogens (tertiary/aromatic N) is 2. The monoisotopic (exact) mass is 483 g/mol. The van der Waals surface area contributed by atoms with Crippen LogP contribution in [-0.2, 0) is 20.8 Å². The number of hydrogen-bond donors (Lipinski definition) is 1. The molecule has 1 heterocycles. The molecule has 0 aliphatic carbocycles. The maximum absolute atomic E-state index is 13.3. The highest BCUT2D eigenvalue weighted by Gasteiger charge is 2.28. The van der Waals surface area contributed by atoms with Crippen LogP contribution in [0.15, 0.2) is 48.5 Å². The molecule has 2 aromatic rings. The van der Waals surface area contributed by atoms with E-state index in [1.165, 1.54) is 12.7 Å². The summed E-state index contributed by atoms with van der Waals surface area (Å²) in [6, 6.07) is 15.5. The number of fused-ring (bicyclic) bond motifs is 1. The van der Waals surface area contributed by atoms with Gasteiger partial charge in [-0.05, 0) is 30.5 Å². The van der Waals surface area contributed by atoms with E-state index in [4.69, 9.17) is 14.2 Å². The molecule has 35 heavy (non-hydrogen) atoms. The highest BCUT2D eigenvalue weighted by molar-refractivity contribution is 5.98. The Morgan fingerprint density at radius 3 is 2.54 bits per heavy atom. The van der Waals surface area contributed by atoms with Crippen LogP contribution in [0.5, 0.6) is 5.75 Å². The summed E-state index contributed by atoms with van der Waals surface area (Å²) in [7, 11) is 4.93. The van der Waals surface area contributed by atoms with Crippen molar-refractivity contribution in [1.29, 1.82) is 0 Å². The van der Waals surface area contributed by atoms with Gasteiger partial charge in [-0.3, -0.25) is 14.5 Å². The van der Waals surface area contributed by atoms with Crippen molar-refractivity contribution < 1.29 is 23.8 Å². The van der Waals surface area contributed by atoms with Gasteiger partial charge in [-0.15, -0.1) is 0 Å². The minimum absolute atomic E-state index is 0.0539. The van der Waals surface area contributed by atoms with Crippen LogP contribution in [0.3, 0.4) is 0 Å². The molecule has 0 spiro atoms. The van der Waals surface area contributed by atoms with E-state index in [2.05, 4.69) is 36.2 Å². The van der Waals surface area contributed by atoms with Crippen LogP contribution >= 0.6 is 0 Å². The summed E-state index contributed by atoms with van der Waals surface area (Å²) >= 11 is 0. The van der Waals surface area contributed by atoms with Gasteiger partial charge < -0.3 is 24.4 Å². The van der Waals surface area contributed by atoms with Gasteiger partial charge in [0, 0.05) is 58.7 Å². The summed E-state index contributed by atoms with van der Waals surface area (Å²) in [4.78, 5) is 29.4. The fourth-order valence-electron chi connectivity index (χ4n) is 4.29. The molecule has 0 radical (unpaired) electrons. The average molecular weight is 484 g/mol. The number of rotatable bonds is 6. The zero-order chi connectivity index (χ0) is 25.4. The molecule has 0 fully saturated rings. The Morgan fingerprint density at radius 1 is 1.11 bits per heavy atom. The molecule has 0 aromatic heterocycles. The number of methoxy groups -OCH3 is 2. The number of benzene rings is 2. The third-order valence-electron chi connectivity index (χ3n) is 6.36. The van der Waals surface area contributed by atoms with Gasteiger partial charge in [0.2, 0.25) is 5.91 Å². The van der Waals surface area contributed by atoms with Gasteiger partial charge in [0.25, 0.3) is 5.91 Å². The molecule has 0 unspecified atom stereocenters. The molecule has 0 saturated carbocycles. The van der Waals surface area contributed by atoms with Gasteiger partial charge in [-0.25, -0.2) is 0 Å². The van der Waals surface area contributed by atoms with Crippen molar-refractivity contribution in [1.82, 2.24) is 9.80 Å². The lowest BCUT2D eigenvalue weighted by molar-refractivity contribution is -0.119. The first-order valence-corrected chi connectivity index (χ1v) is 11.9. The predicted octanol–water partition coefficient (Wildman–Crippen LogP) is 3.28. The van der Waals surface area contributed by atoms with Crippen LogP contribution in [0.25, 0.3) is 0 Å². The average Bonchev–Trinajstić information content (AvgIpc) is 2.85. The van der Waals surface area contributed by atoms with Gasteiger partial charge >= 0.3 is 0 Å². The summed E-state index contributed by atoms with van der Waals surface area (Å²) < 4.78 is 16.9. The Balaban J connectivity index is 1.92. The number of carbonyl (C=O) groups excluding carboxylic acids is 2. The van der Waals surface area contributed by atoms with E-state index in [0.717, 1.165) is 13.1 Å². The van der Waals surface area contributed by atoms with E-state index < -0.39 is 0 Å². The van der Waals surface area contributed by atoms with Crippen molar-refractivity contribution in [2.75, 3.05) is 52.9 Å². The fraction of sp³-hybridized carbons (Fsp3) is 0.481. The van der Waals surface area contributed by atoms with Crippen LogP contribution in [-0.4, -0.2) is 81.3 Å². The Kier molecular flexibility index (Phi) is 9.65. The first-order valence-electron chi connectivity index (χ1n) is 11.9. The largest absolute Gasteiger partial charge is 0.491 e. The number of amides is 2. The van der Waals surface area contributed by atoms with Gasteiger partial charge in [-0.1, -0.05) is 37.3 Å². The van der Waals surface area contributed by atoms with Gasteiger partial charge in [0.15, 0.2) is 0 Å². The minimum Gasteiger partial charge on any atom is -0.491 e. The summed E-state index contributed by atoms with van der Waals surface area (Å²) in [6.45, 7) is 6.64. The van der Waals surface area contributed by atoms with E-state index in [1.807, 2.05) is 18.2 Å². The topological polar surface area (TPSA) is 80.3 Å². The highest BCUT2D eigenvalue weighted by Crippen LogP contribution is 2.27. The van der Waals surface area contributed by atoms with Crippen molar-refractivity contribution in [2.45, 2.75) is 32.5 Å². The number of nitrogens with one attached hydrogen (secondary N) is 1. The fourth-order valence-corrected chi connectivity index (χ4v) is 4.29. The van der Waals surface area contributed by atoms with Crippen LogP contribution in [0.1, 0.15) is 29.8 Å². The molecule has 0 bridgehead atoms.